The number of benzene rings is 2. The fraction of sp³-hybridized carbons (Fsp3) is 0.414. The van der Waals surface area contributed by atoms with Gasteiger partial charge in [0, 0.05) is 80.2 Å². The van der Waals surface area contributed by atoms with Crippen molar-refractivity contribution in [2.45, 2.75) is 44.8 Å². The molecule has 2 aliphatic heterocycles. The van der Waals surface area contributed by atoms with Crippen molar-refractivity contribution in [1.29, 1.82) is 0 Å². The summed E-state index contributed by atoms with van der Waals surface area (Å²) in [4.78, 5) is 38.6. The predicted octanol–water partition coefficient (Wildman–Crippen LogP) is 3.09. The first-order valence-electron chi connectivity index (χ1n) is 13.8. The van der Waals surface area contributed by atoms with Gasteiger partial charge in [-0.25, -0.2) is 9.37 Å². The zero-order valence-electron chi connectivity index (χ0n) is 23.5. The Labute approximate surface area is 236 Å². The second kappa shape index (κ2) is 10.6. The third-order valence-corrected chi connectivity index (χ3v) is 7.82. The summed E-state index contributed by atoms with van der Waals surface area (Å²) in [6.07, 6.45) is 4.58. The van der Waals surface area contributed by atoms with E-state index in [0.717, 1.165) is 18.8 Å². The van der Waals surface area contributed by atoms with Gasteiger partial charge in [-0.1, -0.05) is 0 Å². The second-order valence-electron chi connectivity index (χ2n) is 11.1. The lowest BCUT2D eigenvalue weighted by molar-refractivity contribution is -0.127. The Morgan fingerprint density at radius 2 is 1.95 bits per heavy atom. The largest absolute Gasteiger partial charge is 0.461 e. The molecule has 0 spiro atoms. The SMILES string of the molecule is C[C@@H]1CN(c2ccc(C(=O)Nc3cc(F)c4nn(C)cc4c3)c3nc(OCC4CCC(=O)N4C)ncc23)C[C@H](C)N1. The maximum absolute atomic E-state index is 14.7. The molecule has 4 aromatic rings. The van der Waals surface area contributed by atoms with Gasteiger partial charge in [0.15, 0.2) is 5.82 Å². The Hall–Kier alpha value is -4.32. The highest BCUT2D eigenvalue weighted by molar-refractivity contribution is 6.14. The average molecular weight is 561 g/mol. The minimum absolute atomic E-state index is 0.0583. The molecule has 2 amide bonds. The minimum atomic E-state index is -0.520. The summed E-state index contributed by atoms with van der Waals surface area (Å²) in [6, 6.07) is 7.23. The first-order chi connectivity index (χ1) is 19.7. The molecule has 12 heteroatoms. The lowest BCUT2D eigenvalue weighted by Gasteiger charge is -2.38. The summed E-state index contributed by atoms with van der Waals surface area (Å²) in [6.45, 7) is 6.10. The molecular formula is C29H33FN8O3. The molecule has 214 valence electrons. The molecule has 2 saturated heterocycles. The van der Waals surface area contributed by atoms with Crippen LogP contribution in [0.25, 0.3) is 21.8 Å². The van der Waals surface area contributed by atoms with Crippen LogP contribution >= 0.6 is 0 Å². The summed E-state index contributed by atoms with van der Waals surface area (Å²) in [5, 5.41) is 11.8. The zero-order chi connectivity index (χ0) is 28.8. The molecule has 4 heterocycles. The highest BCUT2D eigenvalue weighted by Gasteiger charge is 2.29. The van der Waals surface area contributed by atoms with Crippen LogP contribution in [0.5, 0.6) is 6.01 Å². The van der Waals surface area contributed by atoms with Gasteiger partial charge in [-0.05, 0) is 44.5 Å². The van der Waals surface area contributed by atoms with Gasteiger partial charge >= 0.3 is 6.01 Å². The number of hydrogen-bond acceptors (Lipinski definition) is 8. The number of ether oxygens (including phenoxy) is 1. The molecular weight excluding hydrogens is 527 g/mol. The molecule has 11 nitrogen and oxygen atoms in total. The van der Waals surface area contributed by atoms with Crippen LogP contribution in [-0.2, 0) is 11.8 Å². The highest BCUT2D eigenvalue weighted by atomic mass is 19.1. The first kappa shape index (κ1) is 26.9. The topological polar surface area (TPSA) is 118 Å². The fourth-order valence-corrected chi connectivity index (χ4v) is 5.85. The maximum atomic E-state index is 14.7. The molecule has 2 aromatic carbocycles. The van der Waals surface area contributed by atoms with E-state index in [9.17, 15) is 14.0 Å². The number of likely N-dealkylation sites (N-methyl/N-ethyl adjacent to an activating group) is 1. The van der Waals surface area contributed by atoms with E-state index in [4.69, 9.17) is 4.74 Å². The summed E-state index contributed by atoms with van der Waals surface area (Å²) < 4.78 is 22.2. The van der Waals surface area contributed by atoms with E-state index in [2.05, 4.69) is 44.4 Å². The highest BCUT2D eigenvalue weighted by Crippen LogP contribution is 2.32. The second-order valence-corrected chi connectivity index (χ2v) is 11.1. The van der Waals surface area contributed by atoms with Crippen LogP contribution in [0.2, 0.25) is 0 Å². The quantitative estimate of drug-likeness (QED) is 0.370. The van der Waals surface area contributed by atoms with E-state index >= 15 is 0 Å². The number of hydrogen-bond donors (Lipinski definition) is 2. The van der Waals surface area contributed by atoms with Gasteiger partial charge < -0.3 is 25.2 Å². The van der Waals surface area contributed by atoms with Crippen molar-refractivity contribution in [3.8, 4) is 6.01 Å². The number of halogens is 1. The van der Waals surface area contributed by atoms with Crippen LogP contribution in [0.15, 0.2) is 36.7 Å². The Kier molecular flexibility index (Phi) is 6.94. The van der Waals surface area contributed by atoms with Gasteiger partial charge in [0.05, 0.1) is 17.1 Å². The monoisotopic (exact) mass is 560 g/mol. The predicted molar refractivity (Wildman–Crippen MR) is 154 cm³/mol. The van der Waals surface area contributed by atoms with Crippen molar-refractivity contribution in [3.05, 3.63) is 48.0 Å². The lowest BCUT2D eigenvalue weighted by Crippen LogP contribution is -2.54. The fourth-order valence-electron chi connectivity index (χ4n) is 5.85. The van der Waals surface area contributed by atoms with Crippen LogP contribution in [0, 0.1) is 5.82 Å². The van der Waals surface area contributed by atoms with Gasteiger partial charge in [0.2, 0.25) is 5.91 Å². The van der Waals surface area contributed by atoms with Crippen molar-refractivity contribution >= 4 is 45.0 Å². The van der Waals surface area contributed by atoms with Crippen LogP contribution in [0.3, 0.4) is 0 Å². The van der Waals surface area contributed by atoms with Crippen LogP contribution in [0.4, 0.5) is 15.8 Å². The molecule has 6 rings (SSSR count). The summed E-state index contributed by atoms with van der Waals surface area (Å²) >= 11 is 0. The molecule has 0 radical (unpaired) electrons. The van der Waals surface area contributed by atoms with E-state index in [-0.39, 0.29) is 42.2 Å². The van der Waals surface area contributed by atoms with Crippen molar-refractivity contribution in [2.75, 3.05) is 37.0 Å². The number of piperazine rings is 1. The number of aryl methyl sites for hydroxylation is 1. The molecule has 1 unspecified atom stereocenters. The summed E-state index contributed by atoms with van der Waals surface area (Å²) in [5.41, 5.74) is 2.22. The molecule has 2 aromatic heterocycles. The Balaban J connectivity index is 1.35. The molecule has 0 saturated carbocycles. The van der Waals surface area contributed by atoms with E-state index in [1.807, 2.05) is 6.07 Å². The number of rotatable bonds is 6. The Morgan fingerprint density at radius 3 is 2.68 bits per heavy atom. The van der Waals surface area contributed by atoms with Crippen molar-refractivity contribution in [2.24, 2.45) is 7.05 Å². The molecule has 2 fully saturated rings. The van der Waals surface area contributed by atoms with Gasteiger partial charge in [-0.2, -0.15) is 10.1 Å². The van der Waals surface area contributed by atoms with E-state index in [0.29, 0.717) is 40.4 Å². The maximum Gasteiger partial charge on any atom is 0.317 e. The van der Waals surface area contributed by atoms with Gasteiger partial charge in [-0.3, -0.25) is 14.3 Å². The third-order valence-electron chi connectivity index (χ3n) is 7.82. The van der Waals surface area contributed by atoms with Crippen LogP contribution in [-0.4, -0.2) is 81.3 Å². The first-order valence-corrected chi connectivity index (χ1v) is 13.8. The van der Waals surface area contributed by atoms with E-state index < -0.39 is 11.7 Å². The number of nitrogens with one attached hydrogen (secondary N) is 2. The van der Waals surface area contributed by atoms with E-state index in [1.165, 1.54) is 10.7 Å². The lowest BCUT2D eigenvalue weighted by atomic mass is 10.0. The number of anilines is 2. The Bertz CT molecular complexity index is 1650. The molecule has 2 aliphatic rings. The standard InChI is InChI=1S/C29H33FN8O3/c1-16-12-38(13-17(2)32-16)24-7-6-21(28(40)33-19-9-18-14-36(3)35-26(18)23(30)10-19)27-22(24)11-31-29(34-27)41-15-20-5-8-25(39)37(20)4/h6-7,9-11,14,16-17,20,32H,5,8,12-13,15H2,1-4H3,(H,33,40)/t16-,17+,20?. The molecule has 41 heavy (non-hydrogen) atoms. The normalized spacial score (nSPS) is 21.2. The number of carbonyl (C=O) groups excluding carboxylic acids is 2. The van der Waals surface area contributed by atoms with Crippen LogP contribution < -0.4 is 20.3 Å². The molecule has 0 bridgehead atoms. The average Bonchev–Trinajstić information content (AvgIpc) is 3.46. The number of likely N-dealkylation sites (tertiary alicyclic amines) is 1. The van der Waals surface area contributed by atoms with Crippen molar-refractivity contribution < 1.29 is 18.7 Å². The Morgan fingerprint density at radius 1 is 1.17 bits per heavy atom. The summed E-state index contributed by atoms with van der Waals surface area (Å²) in [5.74, 6) is -0.868. The molecule has 3 atom stereocenters. The zero-order valence-corrected chi connectivity index (χ0v) is 23.5. The minimum Gasteiger partial charge on any atom is -0.461 e. The van der Waals surface area contributed by atoms with E-state index in [1.54, 1.807) is 43.5 Å². The van der Waals surface area contributed by atoms with Crippen LogP contribution in [0.1, 0.15) is 37.0 Å². The number of carbonyl (C=O) groups is 2. The molecule has 2 N–H and O–H groups in total. The number of amides is 2. The number of aromatic nitrogens is 4. The molecule has 0 aliphatic carbocycles. The smallest absolute Gasteiger partial charge is 0.317 e. The number of nitrogens with zero attached hydrogens (tertiary/aromatic N) is 6. The number of fused-ring (bicyclic) bond motifs is 2. The van der Waals surface area contributed by atoms with Gasteiger partial charge in [-0.15, -0.1) is 0 Å². The van der Waals surface area contributed by atoms with Gasteiger partial charge in [0.25, 0.3) is 5.91 Å². The van der Waals surface area contributed by atoms with Gasteiger partial charge in [0.1, 0.15) is 12.1 Å². The third kappa shape index (κ3) is 5.26. The summed E-state index contributed by atoms with van der Waals surface area (Å²) in [7, 11) is 3.48. The van der Waals surface area contributed by atoms with Crippen molar-refractivity contribution in [3.63, 3.8) is 0 Å². The van der Waals surface area contributed by atoms with Crippen molar-refractivity contribution in [1.82, 2.24) is 30.0 Å².